The van der Waals surface area contributed by atoms with Crippen molar-refractivity contribution in [3.8, 4) is 5.75 Å². The van der Waals surface area contributed by atoms with Crippen LogP contribution in [-0.2, 0) is 9.59 Å². The van der Waals surface area contributed by atoms with Crippen molar-refractivity contribution in [1.82, 2.24) is 10.2 Å². The lowest BCUT2D eigenvalue weighted by Crippen LogP contribution is -2.54. The maximum absolute atomic E-state index is 12.8. The predicted molar refractivity (Wildman–Crippen MR) is 84.9 cm³/mol. The van der Waals surface area contributed by atoms with Crippen molar-refractivity contribution < 1.29 is 29.0 Å². The molecule has 8 heteroatoms. The topological polar surface area (TPSA) is 113 Å². The molecule has 0 saturated carbocycles. The molecule has 1 atom stereocenters. The number of imide groups is 2. The summed E-state index contributed by atoms with van der Waals surface area (Å²) in [5, 5.41) is 11.0. The number of unbranched alkanes of at least 4 members (excludes halogenated alkanes) is 1. The van der Waals surface area contributed by atoms with Crippen LogP contribution in [0.2, 0.25) is 0 Å². The van der Waals surface area contributed by atoms with Gasteiger partial charge < -0.3 is 9.84 Å². The van der Waals surface area contributed by atoms with Gasteiger partial charge in [-0.05, 0) is 31.4 Å². The van der Waals surface area contributed by atoms with Crippen LogP contribution in [0.15, 0.2) is 18.2 Å². The number of amides is 4. The molecule has 0 aliphatic carbocycles. The van der Waals surface area contributed by atoms with E-state index in [1.807, 2.05) is 0 Å². The Bertz CT molecular complexity index is 745. The van der Waals surface area contributed by atoms with Gasteiger partial charge in [-0.15, -0.1) is 0 Å². The van der Waals surface area contributed by atoms with Crippen molar-refractivity contribution in [3.63, 3.8) is 0 Å². The number of rotatable bonds is 6. The zero-order valence-corrected chi connectivity index (χ0v) is 13.5. The molecule has 1 saturated heterocycles. The molecule has 0 bridgehead atoms. The van der Waals surface area contributed by atoms with E-state index in [2.05, 4.69) is 5.32 Å². The summed E-state index contributed by atoms with van der Waals surface area (Å²) in [5.74, 6) is -1.92. The first kappa shape index (κ1) is 17.1. The van der Waals surface area contributed by atoms with Crippen molar-refractivity contribution in [2.75, 3.05) is 13.2 Å². The monoisotopic (exact) mass is 346 g/mol. The zero-order chi connectivity index (χ0) is 18.0. The maximum Gasteiger partial charge on any atom is 0.266 e. The van der Waals surface area contributed by atoms with Crippen LogP contribution in [0.1, 0.15) is 46.4 Å². The highest BCUT2D eigenvalue weighted by atomic mass is 16.5. The molecule has 1 aromatic rings. The smallest absolute Gasteiger partial charge is 0.266 e. The Kier molecular flexibility index (Phi) is 4.80. The summed E-state index contributed by atoms with van der Waals surface area (Å²) < 4.78 is 5.58. The number of nitrogens with zero attached hydrogens (tertiary/aromatic N) is 1. The van der Waals surface area contributed by atoms with Crippen LogP contribution in [0.4, 0.5) is 0 Å². The fourth-order valence-electron chi connectivity index (χ4n) is 3.00. The number of fused-ring (bicyclic) bond motifs is 1. The lowest BCUT2D eigenvalue weighted by atomic mass is 10.0. The fraction of sp³-hybridized carbons (Fsp3) is 0.412. The van der Waals surface area contributed by atoms with E-state index in [9.17, 15) is 19.2 Å². The largest absolute Gasteiger partial charge is 0.493 e. The molecule has 2 aliphatic heterocycles. The summed E-state index contributed by atoms with van der Waals surface area (Å²) in [6, 6.07) is 3.73. The average molecular weight is 346 g/mol. The van der Waals surface area contributed by atoms with E-state index < -0.39 is 29.7 Å². The molecule has 2 heterocycles. The number of carbonyl (C=O) groups is 4. The molecule has 2 N–H and O–H groups in total. The van der Waals surface area contributed by atoms with Gasteiger partial charge in [0.25, 0.3) is 11.8 Å². The molecule has 0 spiro atoms. The number of aliphatic hydroxyl groups excluding tert-OH is 1. The highest BCUT2D eigenvalue weighted by molar-refractivity contribution is 6.24. The first-order valence-corrected chi connectivity index (χ1v) is 8.13. The van der Waals surface area contributed by atoms with Gasteiger partial charge in [-0.3, -0.25) is 29.4 Å². The van der Waals surface area contributed by atoms with Crippen molar-refractivity contribution in [2.45, 2.75) is 31.7 Å². The Labute approximate surface area is 143 Å². The van der Waals surface area contributed by atoms with Gasteiger partial charge in [0.2, 0.25) is 11.8 Å². The summed E-state index contributed by atoms with van der Waals surface area (Å²) in [7, 11) is 0. The second kappa shape index (κ2) is 7.02. The normalized spacial score (nSPS) is 19.9. The molecule has 1 aromatic carbocycles. The van der Waals surface area contributed by atoms with E-state index in [1.165, 1.54) is 6.07 Å². The number of ether oxygens (including phenoxy) is 1. The van der Waals surface area contributed by atoms with E-state index >= 15 is 0 Å². The molecule has 2 aliphatic rings. The molecule has 132 valence electrons. The van der Waals surface area contributed by atoms with Gasteiger partial charge in [0.15, 0.2) is 0 Å². The summed E-state index contributed by atoms with van der Waals surface area (Å²) in [6.45, 7) is 0.355. The van der Waals surface area contributed by atoms with Crippen LogP contribution in [0, 0.1) is 0 Å². The van der Waals surface area contributed by atoms with E-state index in [1.54, 1.807) is 12.1 Å². The Morgan fingerprint density at radius 2 is 1.96 bits per heavy atom. The molecular weight excluding hydrogens is 328 g/mol. The number of hydrogen-bond donors (Lipinski definition) is 2. The molecule has 0 radical (unpaired) electrons. The molecule has 1 fully saturated rings. The Balaban J connectivity index is 1.84. The van der Waals surface area contributed by atoms with Gasteiger partial charge in [0.1, 0.15) is 11.8 Å². The second-order valence-corrected chi connectivity index (χ2v) is 5.91. The first-order chi connectivity index (χ1) is 12.0. The molecule has 3 rings (SSSR count). The number of benzene rings is 1. The van der Waals surface area contributed by atoms with Gasteiger partial charge in [0.05, 0.1) is 17.7 Å². The lowest BCUT2D eigenvalue weighted by Gasteiger charge is -2.27. The second-order valence-electron chi connectivity index (χ2n) is 5.91. The van der Waals surface area contributed by atoms with Gasteiger partial charge in [0, 0.05) is 13.0 Å². The van der Waals surface area contributed by atoms with Crippen LogP contribution in [0.3, 0.4) is 0 Å². The zero-order valence-electron chi connectivity index (χ0n) is 13.5. The van der Waals surface area contributed by atoms with Crippen LogP contribution >= 0.6 is 0 Å². The molecular formula is C17H18N2O6. The van der Waals surface area contributed by atoms with Crippen LogP contribution < -0.4 is 10.1 Å². The van der Waals surface area contributed by atoms with E-state index in [-0.39, 0.29) is 36.3 Å². The number of nitrogens with one attached hydrogen (secondary N) is 1. The minimum atomic E-state index is -0.993. The van der Waals surface area contributed by atoms with E-state index in [0.29, 0.717) is 19.4 Å². The fourth-order valence-corrected chi connectivity index (χ4v) is 3.00. The van der Waals surface area contributed by atoms with E-state index in [0.717, 1.165) is 4.90 Å². The van der Waals surface area contributed by atoms with Crippen molar-refractivity contribution in [2.24, 2.45) is 0 Å². The van der Waals surface area contributed by atoms with Crippen LogP contribution in [0.5, 0.6) is 5.75 Å². The minimum Gasteiger partial charge on any atom is -0.493 e. The molecule has 0 unspecified atom stereocenters. The Morgan fingerprint density at radius 1 is 1.16 bits per heavy atom. The number of piperidine rings is 1. The first-order valence-electron chi connectivity index (χ1n) is 8.13. The van der Waals surface area contributed by atoms with Crippen molar-refractivity contribution in [3.05, 3.63) is 29.3 Å². The molecule has 4 amide bonds. The van der Waals surface area contributed by atoms with Gasteiger partial charge in [-0.25, -0.2) is 0 Å². The number of aliphatic hydroxyl groups is 1. The van der Waals surface area contributed by atoms with Gasteiger partial charge in [-0.1, -0.05) is 6.07 Å². The SMILES string of the molecule is O=C1CC[C@H](N2C(=O)c3cccc(OCCCCO)c3C2=O)C(=O)N1. The van der Waals surface area contributed by atoms with Gasteiger partial charge in [-0.2, -0.15) is 0 Å². The number of carbonyl (C=O) groups excluding carboxylic acids is 4. The average Bonchev–Trinajstić information content (AvgIpc) is 2.84. The third-order valence-electron chi connectivity index (χ3n) is 4.24. The number of hydrogen-bond acceptors (Lipinski definition) is 6. The predicted octanol–water partition coefficient (Wildman–Crippen LogP) is 0.239. The van der Waals surface area contributed by atoms with E-state index in [4.69, 9.17) is 9.84 Å². The quantitative estimate of drug-likeness (QED) is 0.563. The molecule has 0 aromatic heterocycles. The summed E-state index contributed by atoms with van der Waals surface area (Å²) in [5.41, 5.74) is 0.329. The van der Waals surface area contributed by atoms with Crippen LogP contribution in [-0.4, -0.2) is 52.9 Å². The van der Waals surface area contributed by atoms with Crippen molar-refractivity contribution in [1.29, 1.82) is 0 Å². The standard InChI is InChI=1S/C17H18N2O6/c20-8-1-2-9-25-12-5-3-4-10-14(12)17(24)19(16(10)23)11-6-7-13(21)18-15(11)22/h3-5,11,20H,1-2,6-9H2,(H,18,21,22)/t11-/m0/s1. The maximum atomic E-state index is 12.8. The minimum absolute atomic E-state index is 0.0525. The van der Waals surface area contributed by atoms with Gasteiger partial charge >= 0.3 is 0 Å². The Morgan fingerprint density at radius 3 is 2.68 bits per heavy atom. The third kappa shape index (κ3) is 3.12. The summed E-state index contributed by atoms with van der Waals surface area (Å²) in [6.07, 6.45) is 1.38. The van der Waals surface area contributed by atoms with Crippen LogP contribution in [0.25, 0.3) is 0 Å². The van der Waals surface area contributed by atoms with Crippen molar-refractivity contribution >= 4 is 23.6 Å². The highest BCUT2D eigenvalue weighted by Gasteiger charge is 2.45. The molecule has 25 heavy (non-hydrogen) atoms. The summed E-state index contributed by atoms with van der Waals surface area (Å²) in [4.78, 5) is 49.6. The Hall–Kier alpha value is -2.74. The summed E-state index contributed by atoms with van der Waals surface area (Å²) >= 11 is 0. The third-order valence-corrected chi connectivity index (χ3v) is 4.24. The highest BCUT2D eigenvalue weighted by Crippen LogP contribution is 2.33. The lowest BCUT2D eigenvalue weighted by molar-refractivity contribution is -0.136. The molecule has 8 nitrogen and oxygen atoms in total.